The minimum atomic E-state index is -4.33. The Morgan fingerprint density at radius 3 is 2.81 bits per heavy atom. The Hall–Kier alpha value is -2.57. The Morgan fingerprint density at radius 2 is 2.00 bits per heavy atom. The van der Waals surface area contributed by atoms with Crippen molar-refractivity contribution in [3.05, 3.63) is 59.9 Å². The lowest BCUT2D eigenvalue weighted by Crippen LogP contribution is -2.07. The van der Waals surface area contributed by atoms with E-state index in [4.69, 9.17) is 0 Å². The fourth-order valence-electron chi connectivity index (χ4n) is 1.96. The van der Waals surface area contributed by atoms with E-state index in [2.05, 4.69) is 15.4 Å². The minimum Gasteiger partial charge on any atom is -0.366 e. The van der Waals surface area contributed by atoms with E-state index in [1.165, 1.54) is 6.07 Å². The normalized spacial score (nSPS) is 11.8. The van der Waals surface area contributed by atoms with E-state index in [0.717, 1.165) is 12.1 Å². The van der Waals surface area contributed by atoms with Gasteiger partial charge >= 0.3 is 6.18 Å². The molecule has 0 spiro atoms. The molecule has 3 aromatic rings. The van der Waals surface area contributed by atoms with Crippen molar-refractivity contribution in [2.75, 3.05) is 5.32 Å². The lowest BCUT2D eigenvalue weighted by molar-refractivity contribution is -0.137. The highest BCUT2D eigenvalue weighted by atomic mass is 19.4. The molecule has 4 nitrogen and oxygen atoms in total. The lowest BCUT2D eigenvalue weighted by Gasteiger charge is -2.10. The van der Waals surface area contributed by atoms with Crippen molar-refractivity contribution in [3.8, 4) is 0 Å². The van der Waals surface area contributed by atoms with E-state index in [1.54, 1.807) is 35.1 Å². The molecular formula is C14H11F3N4. The van der Waals surface area contributed by atoms with Gasteiger partial charge in [0.2, 0.25) is 0 Å². The molecule has 0 radical (unpaired) electrons. The molecule has 0 aliphatic heterocycles. The van der Waals surface area contributed by atoms with Gasteiger partial charge in [0.15, 0.2) is 5.65 Å². The second-order valence-electron chi connectivity index (χ2n) is 4.50. The standard InChI is InChI=1S/C14H11F3N4/c15-14(16,17)11-3-1-2-10(8-11)9-18-12-5-7-21-13(20-12)4-6-19-21/h1-8H,9H2,(H,18,20). The molecule has 0 bridgehead atoms. The van der Waals surface area contributed by atoms with Crippen molar-refractivity contribution >= 4 is 11.5 Å². The van der Waals surface area contributed by atoms with Crippen molar-refractivity contribution in [2.24, 2.45) is 0 Å². The number of nitrogens with one attached hydrogen (secondary N) is 1. The number of hydrogen-bond donors (Lipinski definition) is 1. The van der Waals surface area contributed by atoms with Crippen LogP contribution in [0.4, 0.5) is 19.0 Å². The van der Waals surface area contributed by atoms with Crippen LogP contribution in [0.2, 0.25) is 0 Å². The van der Waals surface area contributed by atoms with Gasteiger partial charge in [0.25, 0.3) is 0 Å². The molecule has 21 heavy (non-hydrogen) atoms. The second kappa shape index (κ2) is 5.08. The molecule has 7 heteroatoms. The largest absolute Gasteiger partial charge is 0.416 e. The number of rotatable bonds is 3. The Bertz CT molecular complexity index is 764. The zero-order valence-electron chi connectivity index (χ0n) is 10.8. The predicted molar refractivity (Wildman–Crippen MR) is 71.8 cm³/mol. The maximum absolute atomic E-state index is 12.6. The fourth-order valence-corrected chi connectivity index (χ4v) is 1.96. The second-order valence-corrected chi connectivity index (χ2v) is 4.50. The number of anilines is 1. The number of halogens is 3. The van der Waals surface area contributed by atoms with Gasteiger partial charge in [0, 0.05) is 18.8 Å². The van der Waals surface area contributed by atoms with Gasteiger partial charge in [-0.1, -0.05) is 12.1 Å². The summed E-state index contributed by atoms with van der Waals surface area (Å²) in [6.45, 7) is 0.265. The predicted octanol–water partition coefficient (Wildman–Crippen LogP) is 3.36. The summed E-state index contributed by atoms with van der Waals surface area (Å²) in [6, 6.07) is 8.68. The van der Waals surface area contributed by atoms with Crippen molar-refractivity contribution < 1.29 is 13.2 Å². The van der Waals surface area contributed by atoms with E-state index in [-0.39, 0.29) is 6.54 Å². The first-order valence-corrected chi connectivity index (χ1v) is 6.23. The van der Waals surface area contributed by atoms with Gasteiger partial charge in [-0.05, 0) is 23.8 Å². The third kappa shape index (κ3) is 2.96. The van der Waals surface area contributed by atoms with Crippen LogP contribution >= 0.6 is 0 Å². The Balaban J connectivity index is 1.75. The summed E-state index contributed by atoms with van der Waals surface area (Å²) in [5.41, 5.74) is 0.560. The molecule has 0 unspecified atom stereocenters. The maximum Gasteiger partial charge on any atom is 0.416 e. The van der Waals surface area contributed by atoms with Gasteiger partial charge in [0.1, 0.15) is 5.82 Å². The minimum absolute atomic E-state index is 0.265. The van der Waals surface area contributed by atoms with E-state index in [9.17, 15) is 13.2 Å². The lowest BCUT2D eigenvalue weighted by atomic mass is 10.1. The van der Waals surface area contributed by atoms with Gasteiger partial charge in [0.05, 0.1) is 11.8 Å². The molecule has 0 saturated heterocycles. The molecule has 1 N–H and O–H groups in total. The maximum atomic E-state index is 12.6. The topological polar surface area (TPSA) is 42.2 Å². The Kier molecular flexibility index (Phi) is 3.25. The van der Waals surface area contributed by atoms with Crippen LogP contribution in [0.5, 0.6) is 0 Å². The zero-order valence-corrected chi connectivity index (χ0v) is 10.8. The quantitative estimate of drug-likeness (QED) is 0.805. The summed E-state index contributed by atoms with van der Waals surface area (Å²) >= 11 is 0. The third-order valence-electron chi connectivity index (χ3n) is 2.99. The highest BCUT2D eigenvalue weighted by Gasteiger charge is 2.30. The third-order valence-corrected chi connectivity index (χ3v) is 2.99. The van der Waals surface area contributed by atoms with Crippen LogP contribution in [-0.2, 0) is 12.7 Å². The van der Waals surface area contributed by atoms with Crippen LogP contribution < -0.4 is 5.32 Å². The number of alkyl halides is 3. The molecule has 0 atom stereocenters. The monoisotopic (exact) mass is 292 g/mol. The van der Waals surface area contributed by atoms with Crippen molar-refractivity contribution in [1.29, 1.82) is 0 Å². The number of aromatic nitrogens is 3. The van der Waals surface area contributed by atoms with Crippen molar-refractivity contribution in [3.63, 3.8) is 0 Å². The summed E-state index contributed by atoms with van der Waals surface area (Å²) in [7, 11) is 0. The van der Waals surface area contributed by atoms with E-state index >= 15 is 0 Å². The number of benzene rings is 1. The van der Waals surface area contributed by atoms with Crippen molar-refractivity contribution in [2.45, 2.75) is 12.7 Å². The van der Waals surface area contributed by atoms with Crippen molar-refractivity contribution in [1.82, 2.24) is 14.6 Å². The van der Waals surface area contributed by atoms with Gasteiger partial charge in [-0.25, -0.2) is 9.50 Å². The Morgan fingerprint density at radius 1 is 1.14 bits per heavy atom. The number of fused-ring (bicyclic) bond motifs is 1. The average Bonchev–Trinajstić information content (AvgIpc) is 2.92. The summed E-state index contributed by atoms with van der Waals surface area (Å²) in [5.74, 6) is 0.584. The van der Waals surface area contributed by atoms with Gasteiger partial charge in [-0.3, -0.25) is 0 Å². The summed E-state index contributed by atoms with van der Waals surface area (Å²) in [6.07, 6.45) is -0.972. The number of hydrogen-bond acceptors (Lipinski definition) is 3. The SMILES string of the molecule is FC(F)(F)c1cccc(CNc2ccn3nccc3n2)c1. The average molecular weight is 292 g/mol. The molecule has 0 fully saturated rings. The fraction of sp³-hybridized carbons (Fsp3) is 0.143. The highest BCUT2D eigenvalue weighted by Crippen LogP contribution is 2.29. The van der Waals surface area contributed by atoms with E-state index < -0.39 is 11.7 Å². The van der Waals surface area contributed by atoms with Gasteiger partial charge < -0.3 is 5.32 Å². The summed E-state index contributed by atoms with van der Waals surface area (Å²) in [4.78, 5) is 4.29. The molecule has 0 amide bonds. The van der Waals surface area contributed by atoms with Crippen LogP contribution in [0.15, 0.2) is 48.8 Å². The molecule has 0 aliphatic rings. The molecule has 2 aromatic heterocycles. The molecule has 3 rings (SSSR count). The molecule has 108 valence electrons. The van der Waals surface area contributed by atoms with Gasteiger partial charge in [-0.2, -0.15) is 18.3 Å². The highest BCUT2D eigenvalue weighted by molar-refractivity contribution is 5.45. The Labute approximate surface area is 118 Å². The van der Waals surface area contributed by atoms with E-state index in [1.807, 2.05) is 0 Å². The molecule has 2 heterocycles. The summed E-state index contributed by atoms with van der Waals surface area (Å²) in [5, 5.41) is 7.02. The zero-order chi connectivity index (χ0) is 14.9. The van der Waals surface area contributed by atoms with E-state index in [0.29, 0.717) is 17.0 Å². The molecule has 0 saturated carbocycles. The van der Waals surface area contributed by atoms with Crippen LogP contribution in [0.25, 0.3) is 5.65 Å². The molecule has 0 aliphatic carbocycles. The molecular weight excluding hydrogens is 281 g/mol. The molecule has 1 aromatic carbocycles. The van der Waals surface area contributed by atoms with Crippen LogP contribution in [-0.4, -0.2) is 14.6 Å². The smallest absolute Gasteiger partial charge is 0.366 e. The van der Waals surface area contributed by atoms with Gasteiger partial charge in [-0.15, -0.1) is 0 Å². The van der Waals surface area contributed by atoms with Crippen LogP contribution in [0, 0.1) is 0 Å². The number of nitrogens with zero attached hydrogens (tertiary/aromatic N) is 3. The first kappa shape index (κ1) is 13.4. The van der Waals surface area contributed by atoms with Crippen LogP contribution in [0.3, 0.4) is 0 Å². The first-order chi connectivity index (χ1) is 10.0. The van der Waals surface area contributed by atoms with Crippen LogP contribution in [0.1, 0.15) is 11.1 Å². The summed E-state index contributed by atoms with van der Waals surface area (Å²) < 4.78 is 39.5. The first-order valence-electron chi connectivity index (χ1n) is 6.23.